The number of halogens is 1. The lowest BCUT2D eigenvalue weighted by atomic mass is 9.76. The Bertz CT molecular complexity index is 1570. The van der Waals surface area contributed by atoms with E-state index in [1.54, 1.807) is 12.1 Å². The Hall–Kier alpha value is -3.41. The van der Waals surface area contributed by atoms with Crippen LogP contribution in [-0.2, 0) is 9.31 Å². The molecule has 0 N–H and O–H groups in total. The smallest absolute Gasteiger partial charge is 0.403 e. The van der Waals surface area contributed by atoms with Gasteiger partial charge in [0.2, 0.25) is 0 Å². The fourth-order valence-electron chi connectivity index (χ4n) is 5.67. The van der Waals surface area contributed by atoms with E-state index in [0.29, 0.717) is 0 Å². The van der Waals surface area contributed by atoms with Crippen molar-refractivity contribution in [1.29, 1.82) is 0 Å². The summed E-state index contributed by atoms with van der Waals surface area (Å²) in [4.78, 5) is 0. The van der Waals surface area contributed by atoms with Crippen molar-refractivity contribution in [3.8, 4) is 5.69 Å². The van der Waals surface area contributed by atoms with E-state index in [2.05, 4.69) is 99.0 Å². The van der Waals surface area contributed by atoms with Gasteiger partial charge in [-0.15, -0.1) is 0 Å². The van der Waals surface area contributed by atoms with E-state index in [0.717, 1.165) is 24.0 Å². The standard InChI is InChI=1S/C33H33BFNO2/c1-32(2)33(3,4)38-34(37-32)21-20-27(23-14-17-25(35)18-15-23)24-16-19-31-29(22-24)28-12-8-9-13-30(28)36(31)26-10-6-5-7-11-26/h5-19,22,27H,20-21H2,1-4H3. The molecule has 5 heteroatoms. The van der Waals surface area contributed by atoms with Crippen LogP contribution in [0, 0.1) is 5.82 Å². The molecular formula is C33H33BFNO2. The average Bonchev–Trinajstić information content (AvgIpc) is 3.34. The van der Waals surface area contributed by atoms with E-state index in [9.17, 15) is 4.39 Å². The van der Waals surface area contributed by atoms with Crippen LogP contribution >= 0.6 is 0 Å². The van der Waals surface area contributed by atoms with E-state index in [-0.39, 0.29) is 30.1 Å². The van der Waals surface area contributed by atoms with Gasteiger partial charge in [-0.3, -0.25) is 0 Å². The molecule has 1 aliphatic rings. The summed E-state index contributed by atoms with van der Waals surface area (Å²) in [5, 5.41) is 2.43. The molecular weight excluding hydrogens is 472 g/mol. The molecule has 3 nitrogen and oxygen atoms in total. The van der Waals surface area contributed by atoms with Crippen molar-refractivity contribution < 1.29 is 13.7 Å². The normalized spacial score (nSPS) is 17.3. The minimum Gasteiger partial charge on any atom is -0.403 e. The lowest BCUT2D eigenvalue weighted by molar-refractivity contribution is 0.00578. The maximum absolute atomic E-state index is 13.9. The topological polar surface area (TPSA) is 23.4 Å². The molecule has 0 spiro atoms. The third kappa shape index (κ3) is 4.34. The predicted molar refractivity (Wildman–Crippen MR) is 155 cm³/mol. The number of aromatic nitrogens is 1. The first kappa shape index (κ1) is 24.9. The van der Waals surface area contributed by atoms with E-state index < -0.39 is 0 Å². The molecule has 5 aromatic rings. The second-order valence-electron chi connectivity index (χ2n) is 11.3. The molecule has 1 aromatic heterocycles. The maximum Gasteiger partial charge on any atom is 0.457 e. The predicted octanol–water partition coefficient (Wildman–Crippen LogP) is 8.54. The Morgan fingerprint density at radius 2 is 1.32 bits per heavy atom. The average molecular weight is 505 g/mol. The van der Waals surface area contributed by atoms with Gasteiger partial charge < -0.3 is 13.9 Å². The van der Waals surface area contributed by atoms with Crippen LogP contribution in [0.4, 0.5) is 4.39 Å². The van der Waals surface area contributed by atoms with Crippen molar-refractivity contribution >= 4 is 28.9 Å². The Morgan fingerprint density at radius 3 is 2.03 bits per heavy atom. The number of hydrogen-bond acceptors (Lipinski definition) is 2. The van der Waals surface area contributed by atoms with E-state index in [1.165, 1.54) is 27.4 Å². The molecule has 0 amide bonds. The molecule has 0 bridgehead atoms. The molecule has 2 heterocycles. The first-order valence-corrected chi connectivity index (χ1v) is 13.4. The van der Waals surface area contributed by atoms with Gasteiger partial charge in [-0.05, 0) is 94.0 Å². The van der Waals surface area contributed by atoms with Gasteiger partial charge in [0, 0.05) is 22.4 Å². The number of hydrogen-bond donors (Lipinski definition) is 0. The Labute approximate surface area is 224 Å². The van der Waals surface area contributed by atoms with E-state index in [4.69, 9.17) is 9.31 Å². The highest BCUT2D eigenvalue weighted by atomic mass is 19.1. The van der Waals surface area contributed by atoms with E-state index >= 15 is 0 Å². The van der Waals surface area contributed by atoms with Crippen LogP contribution in [0.1, 0.15) is 51.2 Å². The summed E-state index contributed by atoms with van der Waals surface area (Å²) < 4.78 is 28.8. The van der Waals surface area contributed by atoms with E-state index in [1.807, 2.05) is 18.2 Å². The molecule has 1 atom stereocenters. The molecule has 192 valence electrons. The third-order valence-corrected chi connectivity index (χ3v) is 8.38. The molecule has 1 fully saturated rings. The van der Waals surface area contributed by atoms with Crippen LogP contribution in [0.5, 0.6) is 0 Å². The summed E-state index contributed by atoms with van der Waals surface area (Å²) in [5.74, 6) is -0.141. The minimum absolute atomic E-state index is 0.0814. The van der Waals surface area contributed by atoms with Gasteiger partial charge in [-0.2, -0.15) is 0 Å². The summed E-state index contributed by atoms with van der Waals surface area (Å²) in [7, 11) is -0.272. The quantitative estimate of drug-likeness (QED) is 0.216. The number of benzene rings is 4. The zero-order valence-electron chi connectivity index (χ0n) is 22.4. The highest BCUT2D eigenvalue weighted by Crippen LogP contribution is 2.41. The van der Waals surface area contributed by atoms with Gasteiger partial charge in [0.15, 0.2) is 0 Å². The van der Waals surface area contributed by atoms with Crippen molar-refractivity contribution in [1.82, 2.24) is 4.57 Å². The van der Waals surface area contributed by atoms with Crippen molar-refractivity contribution in [2.24, 2.45) is 0 Å². The zero-order chi connectivity index (χ0) is 26.5. The number of nitrogens with zero attached hydrogens (tertiary/aromatic N) is 1. The fourth-order valence-corrected chi connectivity index (χ4v) is 5.67. The summed E-state index contributed by atoms with van der Waals surface area (Å²) in [5.41, 5.74) is 5.07. The van der Waals surface area contributed by atoms with Crippen molar-refractivity contribution in [2.75, 3.05) is 0 Å². The Kier molecular flexibility index (Phi) is 6.17. The molecule has 4 aromatic carbocycles. The van der Waals surface area contributed by atoms with Gasteiger partial charge >= 0.3 is 7.12 Å². The molecule has 38 heavy (non-hydrogen) atoms. The number of para-hydroxylation sites is 2. The summed E-state index contributed by atoms with van der Waals surface area (Å²) in [6.45, 7) is 8.34. The second-order valence-corrected chi connectivity index (χ2v) is 11.3. The first-order chi connectivity index (χ1) is 18.2. The zero-order valence-corrected chi connectivity index (χ0v) is 22.4. The van der Waals surface area contributed by atoms with Gasteiger partial charge in [0.1, 0.15) is 5.82 Å². The highest BCUT2D eigenvalue weighted by Gasteiger charge is 2.50. The van der Waals surface area contributed by atoms with Gasteiger partial charge in [0.05, 0.1) is 22.2 Å². The molecule has 0 radical (unpaired) electrons. The van der Waals surface area contributed by atoms with Crippen LogP contribution in [0.25, 0.3) is 27.5 Å². The van der Waals surface area contributed by atoms with Crippen molar-refractivity contribution in [3.05, 3.63) is 114 Å². The summed E-state index contributed by atoms with van der Waals surface area (Å²) >= 11 is 0. The lowest BCUT2D eigenvalue weighted by Gasteiger charge is -2.32. The molecule has 1 saturated heterocycles. The Morgan fingerprint density at radius 1 is 0.711 bits per heavy atom. The molecule has 0 aliphatic carbocycles. The highest BCUT2D eigenvalue weighted by molar-refractivity contribution is 6.45. The van der Waals surface area contributed by atoms with Gasteiger partial charge in [-0.1, -0.05) is 54.6 Å². The molecule has 6 rings (SSSR count). The van der Waals surface area contributed by atoms with Crippen LogP contribution in [0.2, 0.25) is 6.32 Å². The minimum atomic E-state index is -0.360. The van der Waals surface area contributed by atoms with Crippen LogP contribution in [-0.4, -0.2) is 22.9 Å². The Balaban J connectivity index is 1.42. The number of fused-ring (bicyclic) bond motifs is 3. The van der Waals surface area contributed by atoms with Crippen LogP contribution in [0.15, 0.2) is 97.1 Å². The van der Waals surface area contributed by atoms with Gasteiger partial charge in [-0.25, -0.2) is 4.39 Å². The lowest BCUT2D eigenvalue weighted by Crippen LogP contribution is -2.41. The number of rotatable bonds is 6. The maximum atomic E-state index is 13.9. The van der Waals surface area contributed by atoms with Crippen LogP contribution < -0.4 is 0 Å². The monoisotopic (exact) mass is 505 g/mol. The van der Waals surface area contributed by atoms with Crippen molar-refractivity contribution in [3.63, 3.8) is 0 Å². The second kappa shape index (κ2) is 9.41. The molecule has 0 saturated carbocycles. The summed E-state index contributed by atoms with van der Waals surface area (Å²) in [6.07, 6.45) is 1.57. The van der Waals surface area contributed by atoms with Crippen LogP contribution in [0.3, 0.4) is 0 Å². The third-order valence-electron chi connectivity index (χ3n) is 8.38. The first-order valence-electron chi connectivity index (χ1n) is 13.4. The molecule has 1 aliphatic heterocycles. The largest absolute Gasteiger partial charge is 0.457 e. The van der Waals surface area contributed by atoms with Gasteiger partial charge in [0.25, 0.3) is 0 Å². The van der Waals surface area contributed by atoms with Crippen molar-refractivity contribution in [2.45, 2.75) is 57.6 Å². The molecule has 1 unspecified atom stereocenters. The SMILES string of the molecule is CC1(C)OB(CCC(c2ccc(F)cc2)c2ccc3c(c2)c2ccccc2n3-c2ccccc2)OC1(C)C. The summed E-state index contributed by atoms with van der Waals surface area (Å²) in [6, 6.07) is 32.7. The fraction of sp³-hybridized carbons (Fsp3) is 0.273.